The minimum atomic E-state index is 0.573. The number of allylic oxidation sites excluding steroid dienone is 2. The van der Waals surface area contributed by atoms with Crippen molar-refractivity contribution in [3.05, 3.63) is 11.6 Å². The van der Waals surface area contributed by atoms with Gasteiger partial charge in [-0.3, -0.25) is 0 Å². The van der Waals surface area contributed by atoms with E-state index < -0.39 is 0 Å². The molecule has 0 aliphatic heterocycles. The standard InChI is InChI=1S/C27H46/c1-19(2)9-8-10-20(3)23-14-15-24-22-13-12-21-11-6-7-17-26(21,4)25(22)16-18-27(23,24)5/h11,19-20,22-25H,6-10,12-18H2,1-5H3/t20-,22-,23+,24-,25-,26+,27+/m1/s1. The number of rotatable bonds is 5. The maximum absolute atomic E-state index is 2.74. The Morgan fingerprint density at radius 2 is 1.78 bits per heavy atom. The molecule has 0 aromatic heterocycles. The maximum Gasteiger partial charge on any atom is -0.00853 e. The summed E-state index contributed by atoms with van der Waals surface area (Å²) in [5.74, 6) is 5.91. The molecule has 0 N–H and O–H groups in total. The van der Waals surface area contributed by atoms with Crippen LogP contribution in [0.1, 0.15) is 112 Å². The highest BCUT2D eigenvalue weighted by Gasteiger charge is 2.59. The van der Waals surface area contributed by atoms with E-state index in [9.17, 15) is 0 Å². The fourth-order valence-corrected chi connectivity index (χ4v) is 8.78. The molecule has 0 nitrogen and oxygen atoms in total. The van der Waals surface area contributed by atoms with Gasteiger partial charge in [-0.15, -0.1) is 0 Å². The van der Waals surface area contributed by atoms with E-state index in [4.69, 9.17) is 0 Å². The molecule has 4 rings (SSSR count). The minimum absolute atomic E-state index is 0.573. The average Bonchev–Trinajstić information content (AvgIpc) is 2.98. The van der Waals surface area contributed by atoms with E-state index in [0.717, 1.165) is 35.5 Å². The Labute approximate surface area is 170 Å². The Bertz CT molecular complexity index is 556. The third-order valence-corrected chi connectivity index (χ3v) is 10.2. The molecular formula is C27H46. The molecule has 0 unspecified atom stereocenters. The van der Waals surface area contributed by atoms with Gasteiger partial charge in [0.15, 0.2) is 0 Å². The SMILES string of the molecule is CC(C)CCC[C@@H](C)[C@@H]1CC[C@@H]2[C@H]3CCC4=CCCC[C@]4(C)[C@@H]3CC[C@]21C. The van der Waals surface area contributed by atoms with Gasteiger partial charge in [0.2, 0.25) is 0 Å². The first kappa shape index (κ1) is 20.0. The van der Waals surface area contributed by atoms with Gasteiger partial charge in [-0.05, 0) is 104 Å². The molecule has 0 radical (unpaired) electrons. The lowest BCUT2D eigenvalue weighted by atomic mass is 9.46. The lowest BCUT2D eigenvalue weighted by Gasteiger charge is -2.58. The van der Waals surface area contributed by atoms with Crippen molar-refractivity contribution in [2.24, 2.45) is 46.3 Å². The smallest absolute Gasteiger partial charge is 0.00853 e. The molecule has 0 bridgehead atoms. The van der Waals surface area contributed by atoms with Gasteiger partial charge < -0.3 is 0 Å². The Kier molecular flexibility index (Phi) is 5.59. The van der Waals surface area contributed by atoms with Crippen molar-refractivity contribution in [1.29, 1.82) is 0 Å². The van der Waals surface area contributed by atoms with Crippen LogP contribution in [0.3, 0.4) is 0 Å². The number of hydrogen-bond donors (Lipinski definition) is 0. The third kappa shape index (κ3) is 3.36. The molecule has 0 spiro atoms. The summed E-state index contributed by atoms with van der Waals surface area (Å²) in [5, 5.41) is 0. The van der Waals surface area contributed by atoms with Crippen molar-refractivity contribution in [3.8, 4) is 0 Å². The molecule has 4 aliphatic rings. The molecule has 4 aliphatic carbocycles. The zero-order chi connectivity index (χ0) is 19.2. The molecule has 0 amide bonds. The quantitative estimate of drug-likeness (QED) is 0.426. The van der Waals surface area contributed by atoms with Crippen molar-refractivity contribution in [1.82, 2.24) is 0 Å². The lowest BCUT2D eigenvalue weighted by Crippen LogP contribution is -2.50. The first-order valence-electron chi connectivity index (χ1n) is 12.6. The monoisotopic (exact) mass is 370 g/mol. The summed E-state index contributed by atoms with van der Waals surface area (Å²) >= 11 is 0. The van der Waals surface area contributed by atoms with E-state index in [0.29, 0.717) is 10.8 Å². The average molecular weight is 371 g/mol. The molecule has 27 heavy (non-hydrogen) atoms. The third-order valence-electron chi connectivity index (χ3n) is 10.2. The van der Waals surface area contributed by atoms with E-state index in [1.165, 1.54) is 70.6 Å². The van der Waals surface area contributed by atoms with Crippen LogP contribution in [-0.4, -0.2) is 0 Å². The highest BCUT2D eigenvalue weighted by Crippen LogP contribution is 2.67. The van der Waals surface area contributed by atoms with Crippen molar-refractivity contribution in [2.75, 3.05) is 0 Å². The molecule has 0 heteroatoms. The van der Waals surface area contributed by atoms with Gasteiger partial charge in [-0.2, -0.15) is 0 Å². The van der Waals surface area contributed by atoms with Crippen LogP contribution in [-0.2, 0) is 0 Å². The zero-order valence-corrected chi connectivity index (χ0v) is 19.0. The summed E-state index contributed by atoms with van der Waals surface area (Å²) in [6, 6.07) is 0. The Morgan fingerprint density at radius 3 is 2.56 bits per heavy atom. The highest BCUT2D eigenvalue weighted by atomic mass is 14.6. The normalized spacial score (nSPS) is 45.0. The summed E-state index contributed by atoms with van der Waals surface area (Å²) in [5.41, 5.74) is 3.10. The predicted molar refractivity (Wildman–Crippen MR) is 118 cm³/mol. The molecule has 0 saturated heterocycles. The molecule has 7 atom stereocenters. The fourth-order valence-electron chi connectivity index (χ4n) is 8.78. The van der Waals surface area contributed by atoms with E-state index >= 15 is 0 Å². The summed E-state index contributed by atoms with van der Waals surface area (Å²) in [6.07, 6.45) is 20.4. The van der Waals surface area contributed by atoms with Crippen LogP contribution < -0.4 is 0 Å². The zero-order valence-electron chi connectivity index (χ0n) is 19.0. The second-order valence-electron chi connectivity index (χ2n) is 12.0. The van der Waals surface area contributed by atoms with Gasteiger partial charge in [-0.25, -0.2) is 0 Å². The van der Waals surface area contributed by atoms with Crippen molar-refractivity contribution in [2.45, 2.75) is 112 Å². The minimum Gasteiger partial charge on any atom is -0.0848 e. The largest absolute Gasteiger partial charge is 0.0848 e. The Morgan fingerprint density at radius 1 is 0.963 bits per heavy atom. The van der Waals surface area contributed by atoms with Crippen LogP contribution in [0.5, 0.6) is 0 Å². The van der Waals surface area contributed by atoms with Crippen LogP contribution in [0.2, 0.25) is 0 Å². The van der Waals surface area contributed by atoms with Gasteiger partial charge >= 0.3 is 0 Å². The van der Waals surface area contributed by atoms with Gasteiger partial charge in [0.1, 0.15) is 0 Å². The maximum atomic E-state index is 2.74. The van der Waals surface area contributed by atoms with Crippen molar-refractivity contribution < 1.29 is 0 Å². The number of fused-ring (bicyclic) bond motifs is 5. The van der Waals surface area contributed by atoms with Crippen LogP contribution in [0.25, 0.3) is 0 Å². The summed E-state index contributed by atoms with van der Waals surface area (Å²) < 4.78 is 0. The van der Waals surface area contributed by atoms with Gasteiger partial charge in [0.25, 0.3) is 0 Å². The highest BCUT2D eigenvalue weighted by molar-refractivity contribution is 5.23. The van der Waals surface area contributed by atoms with Gasteiger partial charge in [-0.1, -0.05) is 65.5 Å². The molecular weight excluding hydrogens is 324 g/mol. The van der Waals surface area contributed by atoms with Gasteiger partial charge in [0.05, 0.1) is 0 Å². The Balaban J connectivity index is 1.48. The molecule has 3 saturated carbocycles. The van der Waals surface area contributed by atoms with E-state index in [1.54, 1.807) is 6.42 Å². The van der Waals surface area contributed by atoms with Crippen molar-refractivity contribution >= 4 is 0 Å². The summed E-state index contributed by atoms with van der Waals surface area (Å²) in [7, 11) is 0. The molecule has 0 aromatic carbocycles. The molecule has 0 heterocycles. The first-order valence-corrected chi connectivity index (χ1v) is 12.6. The van der Waals surface area contributed by atoms with E-state index in [2.05, 4.69) is 40.7 Å². The summed E-state index contributed by atoms with van der Waals surface area (Å²) in [6.45, 7) is 12.8. The van der Waals surface area contributed by atoms with Crippen LogP contribution in [0.4, 0.5) is 0 Å². The first-order chi connectivity index (χ1) is 12.9. The topological polar surface area (TPSA) is 0 Å². The Hall–Kier alpha value is -0.260. The van der Waals surface area contributed by atoms with E-state index in [-0.39, 0.29) is 0 Å². The van der Waals surface area contributed by atoms with Crippen LogP contribution in [0, 0.1) is 46.3 Å². The van der Waals surface area contributed by atoms with Crippen molar-refractivity contribution in [3.63, 3.8) is 0 Å². The second kappa shape index (κ2) is 7.53. The lowest BCUT2D eigenvalue weighted by molar-refractivity contribution is -0.0592. The van der Waals surface area contributed by atoms with Crippen LogP contribution >= 0.6 is 0 Å². The fraction of sp³-hybridized carbons (Fsp3) is 0.926. The van der Waals surface area contributed by atoms with Gasteiger partial charge in [0, 0.05) is 0 Å². The number of hydrogen-bond acceptors (Lipinski definition) is 0. The van der Waals surface area contributed by atoms with E-state index in [1.807, 2.05) is 5.57 Å². The molecule has 0 aromatic rings. The second-order valence-corrected chi connectivity index (χ2v) is 12.0. The summed E-state index contributed by atoms with van der Waals surface area (Å²) in [4.78, 5) is 0. The molecule has 154 valence electrons. The van der Waals surface area contributed by atoms with Crippen LogP contribution in [0.15, 0.2) is 11.6 Å². The predicted octanol–water partition coefficient (Wildman–Crippen LogP) is 8.42. The molecule has 3 fully saturated rings.